The maximum absolute atomic E-state index is 11.1. The summed E-state index contributed by atoms with van der Waals surface area (Å²) in [4.78, 5) is 11.1. The van der Waals surface area contributed by atoms with E-state index >= 15 is 0 Å². The molecule has 2 heteroatoms. The highest BCUT2D eigenvalue weighted by molar-refractivity contribution is 5.94. The maximum atomic E-state index is 11.1. The van der Waals surface area contributed by atoms with E-state index in [4.69, 9.17) is 4.74 Å². The molecule has 0 bridgehead atoms. The van der Waals surface area contributed by atoms with Gasteiger partial charge in [-0.15, -0.1) is 6.58 Å². The first-order chi connectivity index (χ1) is 6.69. The lowest BCUT2D eigenvalue weighted by atomic mass is 10.0. The van der Waals surface area contributed by atoms with E-state index in [1.54, 1.807) is 26.2 Å². The largest absolute Gasteiger partial charge is 0.496 e. The number of allylic oxidation sites excluding steroid dienone is 1. The molecule has 0 amide bonds. The molecule has 1 aromatic carbocycles. The van der Waals surface area contributed by atoms with Crippen molar-refractivity contribution < 1.29 is 9.53 Å². The molecule has 0 heterocycles. The zero-order valence-corrected chi connectivity index (χ0v) is 8.54. The molecule has 0 radical (unpaired) electrons. The molecule has 1 rings (SSSR count). The van der Waals surface area contributed by atoms with Crippen molar-refractivity contribution in [2.45, 2.75) is 13.3 Å². The second-order valence-electron chi connectivity index (χ2n) is 3.08. The van der Waals surface area contributed by atoms with E-state index in [1.165, 1.54) is 0 Å². The third kappa shape index (κ3) is 2.22. The van der Waals surface area contributed by atoms with Gasteiger partial charge in [-0.3, -0.25) is 4.79 Å². The van der Waals surface area contributed by atoms with Crippen molar-refractivity contribution in [2.24, 2.45) is 0 Å². The summed E-state index contributed by atoms with van der Waals surface area (Å²) in [6.45, 7) is 5.22. The molecule has 0 saturated heterocycles. The number of rotatable bonds is 4. The lowest BCUT2D eigenvalue weighted by molar-refractivity contribution is 0.101. The average Bonchev–Trinajstić information content (AvgIpc) is 2.18. The van der Waals surface area contributed by atoms with Gasteiger partial charge in [0.15, 0.2) is 5.78 Å². The molecular weight excluding hydrogens is 176 g/mol. The number of hydrogen-bond donors (Lipinski definition) is 0. The van der Waals surface area contributed by atoms with E-state index in [9.17, 15) is 4.79 Å². The van der Waals surface area contributed by atoms with Crippen molar-refractivity contribution in [2.75, 3.05) is 7.11 Å². The number of Topliss-reactive ketones (excluding diaryl/α,β-unsaturated/α-hetero) is 1. The summed E-state index contributed by atoms with van der Waals surface area (Å²) in [5.74, 6) is 0.868. The van der Waals surface area contributed by atoms with E-state index in [1.807, 2.05) is 12.1 Å². The third-order valence-corrected chi connectivity index (χ3v) is 2.05. The standard InChI is InChI=1S/C12H14O2/c1-4-5-11-8-10(9(2)13)6-7-12(11)14-3/h4,6-8H,1,5H2,2-3H3. The molecule has 0 N–H and O–H groups in total. The van der Waals surface area contributed by atoms with Crippen molar-refractivity contribution in [1.29, 1.82) is 0 Å². The Kier molecular flexibility index (Phi) is 3.46. The van der Waals surface area contributed by atoms with E-state index in [0.717, 1.165) is 11.3 Å². The monoisotopic (exact) mass is 190 g/mol. The topological polar surface area (TPSA) is 26.3 Å². The van der Waals surface area contributed by atoms with Crippen molar-refractivity contribution in [3.63, 3.8) is 0 Å². The molecule has 0 saturated carbocycles. The Morgan fingerprint density at radius 3 is 2.79 bits per heavy atom. The van der Waals surface area contributed by atoms with Crippen LogP contribution in [0.1, 0.15) is 22.8 Å². The number of hydrogen-bond acceptors (Lipinski definition) is 2. The van der Waals surface area contributed by atoms with Gasteiger partial charge in [0.05, 0.1) is 7.11 Å². The second-order valence-corrected chi connectivity index (χ2v) is 3.08. The molecule has 0 atom stereocenters. The van der Waals surface area contributed by atoms with Crippen molar-refractivity contribution in [1.82, 2.24) is 0 Å². The number of carbonyl (C=O) groups excluding carboxylic acids is 1. The molecule has 0 fully saturated rings. The van der Waals surface area contributed by atoms with Crippen LogP contribution in [-0.4, -0.2) is 12.9 Å². The second kappa shape index (κ2) is 4.61. The molecule has 1 aromatic rings. The fourth-order valence-electron chi connectivity index (χ4n) is 1.31. The van der Waals surface area contributed by atoms with Crippen LogP contribution in [0, 0.1) is 0 Å². The highest BCUT2D eigenvalue weighted by atomic mass is 16.5. The molecule has 0 aliphatic rings. The lowest BCUT2D eigenvalue weighted by Crippen LogP contribution is -1.96. The van der Waals surface area contributed by atoms with Gasteiger partial charge in [0.1, 0.15) is 5.75 Å². The average molecular weight is 190 g/mol. The molecule has 14 heavy (non-hydrogen) atoms. The first kappa shape index (κ1) is 10.5. The molecule has 2 nitrogen and oxygen atoms in total. The molecule has 74 valence electrons. The van der Waals surface area contributed by atoms with E-state index in [0.29, 0.717) is 12.0 Å². The van der Waals surface area contributed by atoms with Crippen molar-refractivity contribution in [3.8, 4) is 5.75 Å². The minimum Gasteiger partial charge on any atom is -0.496 e. The Bertz CT molecular complexity index is 353. The highest BCUT2D eigenvalue weighted by Crippen LogP contribution is 2.20. The molecule has 0 unspecified atom stereocenters. The summed E-state index contributed by atoms with van der Waals surface area (Å²) in [5, 5.41) is 0. The summed E-state index contributed by atoms with van der Waals surface area (Å²) < 4.78 is 5.17. The van der Waals surface area contributed by atoms with Crippen molar-refractivity contribution in [3.05, 3.63) is 42.0 Å². The van der Waals surface area contributed by atoms with Crippen LogP contribution < -0.4 is 4.74 Å². The SMILES string of the molecule is C=CCc1cc(C(C)=O)ccc1OC. The zero-order chi connectivity index (χ0) is 10.6. The van der Waals surface area contributed by atoms with E-state index < -0.39 is 0 Å². The molecule has 0 spiro atoms. The predicted molar refractivity (Wildman–Crippen MR) is 56.9 cm³/mol. The van der Waals surface area contributed by atoms with Gasteiger partial charge in [0, 0.05) is 5.56 Å². The Balaban J connectivity index is 3.13. The van der Waals surface area contributed by atoms with Crippen LogP contribution >= 0.6 is 0 Å². The van der Waals surface area contributed by atoms with E-state index in [2.05, 4.69) is 6.58 Å². The molecular formula is C12H14O2. The van der Waals surface area contributed by atoms with Crippen molar-refractivity contribution >= 4 is 5.78 Å². The number of ketones is 1. The Hall–Kier alpha value is -1.57. The quantitative estimate of drug-likeness (QED) is 0.539. The van der Waals surface area contributed by atoms with Crippen LogP contribution in [0.3, 0.4) is 0 Å². The number of ether oxygens (including phenoxy) is 1. The maximum Gasteiger partial charge on any atom is 0.159 e. The minimum absolute atomic E-state index is 0.0676. The van der Waals surface area contributed by atoms with Crippen LogP contribution in [0.25, 0.3) is 0 Å². The summed E-state index contributed by atoms with van der Waals surface area (Å²) in [7, 11) is 1.62. The number of benzene rings is 1. The van der Waals surface area contributed by atoms with Crippen LogP contribution in [0.2, 0.25) is 0 Å². The Labute approximate surface area is 84.2 Å². The summed E-state index contributed by atoms with van der Waals surface area (Å²) in [6.07, 6.45) is 2.51. The first-order valence-electron chi connectivity index (χ1n) is 4.47. The van der Waals surface area contributed by atoms with Gasteiger partial charge in [-0.1, -0.05) is 6.08 Å². The van der Waals surface area contributed by atoms with Crippen LogP contribution in [0.5, 0.6) is 5.75 Å². The number of carbonyl (C=O) groups is 1. The Morgan fingerprint density at radius 2 is 2.29 bits per heavy atom. The van der Waals surface area contributed by atoms with Crippen LogP contribution in [0.15, 0.2) is 30.9 Å². The molecule has 0 aliphatic heterocycles. The van der Waals surface area contributed by atoms with Gasteiger partial charge in [-0.25, -0.2) is 0 Å². The van der Waals surface area contributed by atoms with Gasteiger partial charge < -0.3 is 4.74 Å². The van der Waals surface area contributed by atoms with Crippen LogP contribution in [-0.2, 0) is 6.42 Å². The smallest absolute Gasteiger partial charge is 0.159 e. The normalized spacial score (nSPS) is 9.57. The predicted octanol–water partition coefficient (Wildman–Crippen LogP) is 2.63. The lowest BCUT2D eigenvalue weighted by Gasteiger charge is -2.07. The highest BCUT2D eigenvalue weighted by Gasteiger charge is 2.05. The van der Waals surface area contributed by atoms with Gasteiger partial charge in [0.2, 0.25) is 0 Å². The van der Waals surface area contributed by atoms with Crippen LogP contribution in [0.4, 0.5) is 0 Å². The summed E-state index contributed by atoms with van der Waals surface area (Å²) >= 11 is 0. The van der Waals surface area contributed by atoms with Gasteiger partial charge in [-0.2, -0.15) is 0 Å². The third-order valence-electron chi connectivity index (χ3n) is 2.05. The zero-order valence-electron chi connectivity index (χ0n) is 8.54. The first-order valence-corrected chi connectivity index (χ1v) is 4.47. The summed E-state index contributed by atoms with van der Waals surface area (Å²) in [5.41, 5.74) is 1.71. The fraction of sp³-hybridized carbons (Fsp3) is 0.250. The minimum atomic E-state index is 0.0676. The fourth-order valence-corrected chi connectivity index (χ4v) is 1.31. The van der Waals surface area contributed by atoms with E-state index in [-0.39, 0.29) is 5.78 Å². The summed E-state index contributed by atoms with van der Waals surface area (Å²) in [6, 6.07) is 5.44. The molecule has 0 aliphatic carbocycles. The molecule has 0 aromatic heterocycles. The Morgan fingerprint density at radius 1 is 1.57 bits per heavy atom. The van der Waals surface area contributed by atoms with Gasteiger partial charge >= 0.3 is 0 Å². The van der Waals surface area contributed by atoms with Gasteiger partial charge in [0.25, 0.3) is 0 Å². The number of methoxy groups -OCH3 is 1. The van der Waals surface area contributed by atoms with Gasteiger partial charge in [-0.05, 0) is 37.1 Å².